The highest BCUT2D eigenvalue weighted by Gasteiger charge is 2.44. The highest BCUT2D eigenvalue weighted by molar-refractivity contribution is 7.10. The molecule has 1 fully saturated rings. The highest BCUT2D eigenvalue weighted by Crippen LogP contribution is 2.39. The third-order valence-corrected chi connectivity index (χ3v) is 5.03. The van der Waals surface area contributed by atoms with Crippen molar-refractivity contribution >= 4 is 23.2 Å². The Bertz CT molecular complexity index is 651. The molecule has 2 atom stereocenters. The zero-order valence-electron chi connectivity index (χ0n) is 12.6. The van der Waals surface area contributed by atoms with E-state index in [9.17, 15) is 9.59 Å². The Morgan fingerprint density at radius 3 is 2.91 bits per heavy atom. The van der Waals surface area contributed by atoms with Gasteiger partial charge in [0.1, 0.15) is 5.76 Å². The maximum Gasteiger partial charge on any atom is 0.228 e. The van der Waals surface area contributed by atoms with Gasteiger partial charge in [-0.3, -0.25) is 9.59 Å². The van der Waals surface area contributed by atoms with Crippen molar-refractivity contribution in [2.24, 2.45) is 5.92 Å². The molecule has 116 valence electrons. The van der Waals surface area contributed by atoms with E-state index in [1.165, 1.54) is 0 Å². The highest BCUT2D eigenvalue weighted by atomic mass is 32.1. The summed E-state index contributed by atoms with van der Waals surface area (Å²) in [6.45, 7) is 0.414. The molecule has 0 saturated carbocycles. The van der Waals surface area contributed by atoms with Gasteiger partial charge in [0.15, 0.2) is 0 Å². The molecular formula is C16H18N2O3S. The first-order chi connectivity index (χ1) is 10.6. The van der Waals surface area contributed by atoms with Crippen molar-refractivity contribution in [3.8, 4) is 0 Å². The molecule has 0 aliphatic carbocycles. The fourth-order valence-electron chi connectivity index (χ4n) is 2.94. The van der Waals surface area contributed by atoms with E-state index in [2.05, 4.69) is 0 Å². The van der Waals surface area contributed by atoms with E-state index in [4.69, 9.17) is 4.42 Å². The van der Waals surface area contributed by atoms with E-state index in [1.54, 1.807) is 47.6 Å². The lowest BCUT2D eigenvalue weighted by Gasteiger charge is -2.26. The van der Waals surface area contributed by atoms with Crippen molar-refractivity contribution in [1.82, 2.24) is 9.80 Å². The largest absolute Gasteiger partial charge is 0.467 e. The van der Waals surface area contributed by atoms with Gasteiger partial charge in [0.05, 0.1) is 24.8 Å². The number of hydrogen-bond acceptors (Lipinski definition) is 4. The zero-order chi connectivity index (χ0) is 15.7. The molecule has 0 spiro atoms. The lowest BCUT2D eigenvalue weighted by molar-refractivity contribution is -0.136. The van der Waals surface area contributed by atoms with Crippen molar-refractivity contribution in [1.29, 1.82) is 0 Å². The minimum absolute atomic E-state index is 0.0168. The van der Waals surface area contributed by atoms with Crippen LogP contribution in [0.25, 0.3) is 0 Å². The number of hydrogen-bond donors (Lipinski definition) is 0. The molecule has 1 saturated heterocycles. The Labute approximate surface area is 133 Å². The normalized spacial score (nSPS) is 21.4. The van der Waals surface area contributed by atoms with E-state index in [0.717, 1.165) is 10.6 Å². The Morgan fingerprint density at radius 2 is 2.27 bits per heavy atom. The molecule has 1 aliphatic rings. The van der Waals surface area contributed by atoms with Gasteiger partial charge in [-0.05, 0) is 23.6 Å². The number of thiophene rings is 1. The predicted molar refractivity (Wildman–Crippen MR) is 83.1 cm³/mol. The minimum Gasteiger partial charge on any atom is -0.467 e. The first-order valence-corrected chi connectivity index (χ1v) is 8.02. The first-order valence-electron chi connectivity index (χ1n) is 7.14. The second kappa shape index (κ2) is 5.96. The third-order valence-electron chi connectivity index (χ3n) is 4.09. The molecule has 2 amide bonds. The molecule has 0 unspecified atom stereocenters. The molecule has 3 heterocycles. The molecule has 0 bridgehead atoms. The van der Waals surface area contributed by atoms with Crippen LogP contribution in [0.4, 0.5) is 0 Å². The van der Waals surface area contributed by atoms with Crippen molar-refractivity contribution in [3.63, 3.8) is 0 Å². The van der Waals surface area contributed by atoms with Gasteiger partial charge >= 0.3 is 0 Å². The number of nitrogens with zero attached hydrogens (tertiary/aromatic N) is 2. The van der Waals surface area contributed by atoms with Crippen LogP contribution in [-0.2, 0) is 16.1 Å². The smallest absolute Gasteiger partial charge is 0.228 e. The average Bonchev–Trinajstić information content (AvgIpc) is 3.21. The van der Waals surface area contributed by atoms with Crippen molar-refractivity contribution in [2.75, 3.05) is 14.1 Å². The number of carbonyl (C=O) groups excluding carboxylic acids is 2. The van der Waals surface area contributed by atoms with Gasteiger partial charge in [0.2, 0.25) is 11.8 Å². The first kappa shape index (κ1) is 14.8. The van der Waals surface area contributed by atoms with E-state index in [-0.39, 0.29) is 30.2 Å². The van der Waals surface area contributed by atoms with E-state index >= 15 is 0 Å². The van der Waals surface area contributed by atoms with Crippen LogP contribution in [-0.4, -0.2) is 35.7 Å². The Kier molecular flexibility index (Phi) is 4.02. The summed E-state index contributed by atoms with van der Waals surface area (Å²) in [7, 11) is 3.52. The number of rotatable bonds is 4. The summed E-state index contributed by atoms with van der Waals surface area (Å²) in [4.78, 5) is 29.2. The molecule has 0 aromatic carbocycles. The van der Waals surface area contributed by atoms with Gasteiger partial charge in [0, 0.05) is 25.4 Å². The second-order valence-corrected chi connectivity index (χ2v) is 6.53. The Balaban J connectivity index is 1.79. The number of carbonyl (C=O) groups is 2. The van der Waals surface area contributed by atoms with Gasteiger partial charge in [0.25, 0.3) is 0 Å². The number of furan rings is 1. The van der Waals surface area contributed by atoms with Crippen molar-refractivity contribution < 1.29 is 14.0 Å². The van der Waals surface area contributed by atoms with Crippen molar-refractivity contribution in [2.45, 2.75) is 19.0 Å². The number of likely N-dealkylation sites (tertiary alicyclic amines) is 1. The van der Waals surface area contributed by atoms with Crippen LogP contribution in [0.2, 0.25) is 0 Å². The summed E-state index contributed by atoms with van der Waals surface area (Å²) in [6, 6.07) is 7.41. The summed E-state index contributed by atoms with van der Waals surface area (Å²) in [5, 5.41) is 1.97. The van der Waals surface area contributed by atoms with Crippen LogP contribution < -0.4 is 0 Å². The summed E-state index contributed by atoms with van der Waals surface area (Å²) < 4.78 is 5.29. The van der Waals surface area contributed by atoms with Gasteiger partial charge in [-0.25, -0.2) is 0 Å². The van der Waals surface area contributed by atoms with E-state index in [1.807, 2.05) is 23.6 Å². The molecule has 0 radical (unpaired) electrons. The van der Waals surface area contributed by atoms with Gasteiger partial charge in [-0.15, -0.1) is 11.3 Å². The van der Waals surface area contributed by atoms with Gasteiger partial charge in [-0.2, -0.15) is 0 Å². The predicted octanol–water partition coefficient (Wildman–Crippen LogP) is 2.52. The molecule has 6 heteroatoms. The molecule has 5 nitrogen and oxygen atoms in total. The summed E-state index contributed by atoms with van der Waals surface area (Å²) in [5.41, 5.74) is 0. The molecule has 22 heavy (non-hydrogen) atoms. The van der Waals surface area contributed by atoms with E-state index < -0.39 is 0 Å². The minimum atomic E-state index is -0.337. The van der Waals surface area contributed by atoms with Crippen LogP contribution in [0.3, 0.4) is 0 Å². The molecule has 1 aliphatic heterocycles. The molecule has 0 N–H and O–H groups in total. The summed E-state index contributed by atoms with van der Waals surface area (Å²) >= 11 is 1.58. The van der Waals surface area contributed by atoms with Crippen LogP contribution >= 0.6 is 11.3 Å². The average molecular weight is 318 g/mol. The van der Waals surface area contributed by atoms with Gasteiger partial charge < -0.3 is 14.2 Å². The summed E-state index contributed by atoms with van der Waals surface area (Å²) in [5.74, 6) is 0.396. The monoisotopic (exact) mass is 318 g/mol. The van der Waals surface area contributed by atoms with E-state index in [0.29, 0.717) is 6.54 Å². The second-order valence-electron chi connectivity index (χ2n) is 5.55. The Hall–Kier alpha value is -2.08. The fraction of sp³-hybridized carbons (Fsp3) is 0.375. The molecule has 2 aromatic heterocycles. The topological polar surface area (TPSA) is 53.8 Å². The Morgan fingerprint density at radius 1 is 1.45 bits per heavy atom. The standard InChI is InChI=1S/C16H18N2O3S/c1-17(10-11-5-3-7-21-11)16(20)12-9-14(19)18(2)15(12)13-6-4-8-22-13/h3-8,12,15H,9-10H2,1-2H3/t12-,15+/m1/s1. The third kappa shape index (κ3) is 2.66. The van der Waals surface area contributed by atoms with Crippen LogP contribution in [0, 0.1) is 5.92 Å². The molecular weight excluding hydrogens is 300 g/mol. The summed E-state index contributed by atoms with van der Waals surface area (Å²) in [6.07, 6.45) is 1.86. The fourth-order valence-corrected chi connectivity index (χ4v) is 3.87. The quantitative estimate of drug-likeness (QED) is 0.870. The maximum atomic E-state index is 12.8. The van der Waals surface area contributed by atoms with Gasteiger partial charge in [-0.1, -0.05) is 6.07 Å². The number of amides is 2. The lowest BCUT2D eigenvalue weighted by Crippen LogP contribution is -2.35. The molecule has 3 rings (SSSR count). The zero-order valence-corrected chi connectivity index (χ0v) is 13.4. The van der Waals surface area contributed by atoms with Crippen LogP contribution in [0.5, 0.6) is 0 Å². The van der Waals surface area contributed by atoms with Crippen LogP contribution in [0.15, 0.2) is 40.3 Å². The lowest BCUT2D eigenvalue weighted by atomic mass is 9.97. The SMILES string of the molecule is CN(Cc1ccco1)C(=O)[C@@H]1CC(=O)N(C)[C@@H]1c1cccs1. The maximum absolute atomic E-state index is 12.8. The molecule has 2 aromatic rings. The van der Waals surface area contributed by atoms with Crippen molar-refractivity contribution in [3.05, 3.63) is 46.5 Å². The van der Waals surface area contributed by atoms with Crippen LogP contribution in [0.1, 0.15) is 23.1 Å².